The molecule has 0 heterocycles. The average Bonchev–Trinajstić information content (AvgIpc) is 2.43. The zero-order valence-corrected chi connectivity index (χ0v) is 10.8. The molecule has 0 atom stereocenters. The van der Waals surface area contributed by atoms with E-state index in [4.69, 9.17) is 24.4 Å². The summed E-state index contributed by atoms with van der Waals surface area (Å²) in [5.41, 5.74) is 1.62. The quantitative estimate of drug-likeness (QED) is 0.810. The molecule has 2 aromatic carbocycles. The molecule has 2 N–H and O–H groups in total. The van der Waals surface area contributed by atoms with Gasteiger partial charge in [-0.15, -0.1) is 0 Å². The van der Waals surface area contributed by atoms with Gasteiger partial charge in [0.05, 0.1) is 0 Å². The second-order valence-corrected chi connectivity index (χ2v) is 3.94. The van der Waals surface area contributed by atoms with Crippen molar-refractivity contribution in [1.29, 1.82) is 0 Å². The van der Waals surface area contributed by atoms with Gasteiger partial charge in [0.1, 0.15) is 11.5 Å². The van der Waals surface area contributed by atoms with Gasteiger partial charge in [-0.2, -0.15) is 9.59 Å². The number of aryl methyl sites for hydroxylation is 1. The minimum Gasteiger partial charge on any atom is -0.457 e. The van der Waals surface area contributed by atoms with Crippen molar-refractivity contribution in [3.8, 4) is 11.5 Å². The van der Waals surface area contributed by atoms with Crippen molar-refractivity contribution < 1.29 is 24.4 Å². The monoisotopic (exact) mass is 272 g/mol. The summed E-state index contributed by atoms with van der Waals surface area (Å²) >= 11 is 0. The Balaban J connectivity index is 0.000000612. The van der Waals surface area contributed by atoms with Gasteiger partial charge >= 0.3 is 13.3 Å². The molecule has 0 aliphatic carbocycles. The van der Waals surface area contributed by atoms with E-state index in [1.54, 1.807) is 24.3 Å². The van der Waals surface area contributed by atoms with Gasteiger partial charge in [0.25, 0.3) is 0 Å². The number of rotatable bonds is 3. The lowest BCUT2D eigenvalue weighted by Gasteiger charge is -2.06. The summed E-state index contributed by atoms with van der Waals surface area (Å²) in [5.74, 6) is 1.42. The Morgan fingerprint density at radius 1 is 0.900 bits per heavy atom. The molecule has 0 saturated carbocycles. The van der Waals surface area contributed by atoms with Gasteiger partial charge in [-0.3, -0.25) is 0 Å². The summed E-state index contributed by atoms with van der Waals surface area (Å²) in [7, 11) is -1.44. The van der Waals surface area contributed by atoms with Crippen molar-refractivity contribution in [3.63, 3.8) is 0 Å². The smallest absolute Gasteiger partial charge is 0.457 e. The Bertz CT molecular complexity index is 557. The largest absolute Gasteiger partial charge is 0.488 e. The molecular weight excluding hydrogens is 259 g/mol. The van der Waals surface area contributed by atoms with E-state index < -0.39 is 7.12 Å². The lowest BCUT2D eigenvalue weighted by atomic mass is 9.80. The first-order chi connectivity index (χ1) is 9.56. The molecule has 6 heteroatoms. The Kier molecular flexibility index (Phi) is 6.20. The van der Waals surface area contributed by atoms with E-state index in [9.17, 15) is 0 Å². The van der Waals surface area contributed by atoms with Gasteiger partial charge in [-0.1, -0.05) is 29.8 Å². The third kappa shape index (κ3) is 5.08. The van der Waals surface area contributed by atoms with E-state index in [1.807, 2.05) is 31.2 Å². The lowest BCUT2D eigenvalue weighted by Crippen LogP contribution is -2.29. The minimum absolute atomic E-state index is 0.250. The molecule has 2 aromatic rings. The maximum absolute atomic E-state index is 8.95. The third-order valence-corrected chi connectivity index (χ3v) is 2.43. The number of benzene rings is 2. The van der Waals surface area contributed by atoms with E-state index in [1.165, 1.54) is 5.56 Å². The molecule has 102 valence electrons. The van der Waals surface area contributed by atoms with E-state index in [0.29, 0.717) is 11.2 Å². The summed E-state index contributed by atoms with van der Waals surface area (Å²) < 4.78 is 5.60. The first-order valence-electron chi connectivity index (χ1n) is 5.76. The van der Waals surface area contributed by atoms with Gasteiger partial charge in [-0.05, 0) is 36.7 Å². The highest BCUT2D eigenvalue weighted by Crippen LogP contribution is 2.20. The molecule has 0 spiro atoms. The van der Waals surface area contributed by atoms with Gasteiger partial charge in [0, 0.05) is 0 Å². The summed E-state index contributed by atoms with van der Waals surface area (Å²) in [6.45, 7) is 2.02. The van der Waals surface area contributed by atoms with Crippen LogP contribution in [0.2, 0.25) is 0 Å². The van der Waals surface area contributed by atoms with Crippen LogP contribution in [0.15, 0.2) is 48.5 Å². The van der Waals surface area contributed by atoms with Crippen molar-refractivity contribution in [2.45, 2.75) is 6.92 Å². The first-order valence-corrected chi connectivity index (χ1v) is 5.76. The average molecular weight is 272 g/mol. The molecule has 0 fully saturated rings. The van der Waals surface area contributed by atoms with Crippen molar-refractivity contribution >= 4 is 18.7 Å². The second kappa shape index (κ2) is 7.91. The highest BCUT2D eigenvalue weighted by atomic mass is 16.5. The summed E-state index contributed by atoms with van der Waals surface area (Å²) in [6, 6.07) is 14.4. The van der Waals surface area contributed by atoms with Crippen LogP contribution in [0.5, 0.6) is 11.5 Å². The first kappa shape index (κ1) is 15.7. The summed E-state index contributed by atoms with van der Waals surface area (Å²) in [5, 5.41) is 17.9. The maximum Gasteiger partial charge on any atom is 0.488 e. The Morgan fingerprint density at radius 2 is 1.30 bits per heavy atom. The molecular formula is C14H13BO5. The Labute approximate surface area is 116 Å². The van der Waals surface area contributed by atoms with Crippen molar-refractivity contribution in [2.24, 2.45) is 0 Å². The van der Waals surface area contributed by atoms with Crippen LogP contribution in [0.1, 0.15) is 5.56 Å². The molecule has 0 aromatic heterocycles. The van der Waals surface area contributed by atoms with Crippen LogP contribution in [0.3, 0.4) is 0 Å². The van der Waals surface area contributed by atoms with Crippen molar-refractivity contribution in [2.75, 3.05) is 0 Å². The predicted molar refractivity (Wildman–Crippen MR) is 72.5 cm³/mol. The van der Waals surface area contributed by atoms with Crippen LogP contribution in [0, 0.1) is 6.92 Å². The fourth-order valence-corrected chi connectivity index (χ4v) is 1.45. The SMILES string of the molecule is Cc1ccc(Oc2ccc(B(O)O)cc2)cc1.O=C=O. The van der Waals surface area contributed by atoms with E-state index in [0.717, 1.165) is 5.75 Å². The lowest BCUT2D eigenvalue weighted by molar-refractivity contribution is -0.191. The van der Waals surface area contributed by atoms with Crippen LogP contribution in [0.4, 0.5) is 0 Å². The summed E-state index contributed by atoms with van der Waals surface area (Å²) in [4.78, 5) is 16.2. The molecule has 5 nitrogen and oxygen atoms in total. The van der Waals surface area contributed by atoms with Crippen LogP contribution in [-0.4, -0.2) is 23.3 Å². The van der Waals surface area contributed by atoms with Crippen LogP contribution < -0.4 is 10.2 Å². The third-order valence-electron chi connectivity index (χ3n) is 2.43. The second-order valence-electron chi connectivity index (χ2n) is 3.94. The summed E-state index contributed by atoms with van der Waals surface area (Å²) in [6.07, 6.45) is 0.250. The zero-order chi connectivity index (χ0) is 15.0. The molecule has 0 amide bonds. The molecule has 2 rings (SSSR count). The van der Waals surface area contributed by atoms with E-state index in [-0.39, 0.29) is 6.15 Å². The maximum atomic E-state index is 8.95. The molecule has 0 aliphatic rings. The molecule has 20 heavy (non-hydrogen) atoms. The minimum atomic E-state index is -1.44. The number of carbonyl (C=O) groups excluding carboxylic acids is 2. The van der Waals surface area contributed by atoms with E-state index >= 15 is 0 Å². The topological polar surface area (TPSA) is 83.8 Å². The fourth-order valence-electron chi connectivity index (χ4n) is 1.45. The molecule has 0 aliphatic heterocycles. The molecule has 0 saturated heterocycles. The van der Waals surface area contributed by atoms with Gasteiger partial charge in [-0.25, -0.2) is 0 Å². The standard InChI is InChI=1S/C13H13BO3.CO2/c1-10-2-6-12(7-3-10)17-13-8-4-11(5-9-13)14(15)16;2-1-3/h2-9,15-16H,1H3;. The molecule has 0 bridgehead atoms. The van der Waals surface area contributed by atoms with Gasteiger partial charge in [0.2, 0.25) is 0 Å². The van der Waals surface area contributed by atoms with Crippen LogP contribution >= 0.6 is 0 Å². The molecule has 0 unspecified atom stereocenters. The zero-order valence-electron chi connectivity index (χ0n) is 10.8. The van der Waals surface area contributed by atoms with Gasteiger partial charge in [0.15, 0.2) is 0 Å². The van der Waals surface area contributed by atoms with Crippen molar-refractivity contribution in [3.05, 3.63) is 54.1 Å². The fraction of sp³-hybridized carbons (Fsp3) is 0.0714. The number of hydrogen-bond acceptors (Lipinski definition) is 5. The normalized spacial score (nSPS) is 8.95. The highest BCUT2D eigenvalue weighted by molar-refractivity contribution is 6.58. The van der Waals surface area contributed by atoms with E-state index in [2.05, 4.69) is 0 Å². The predicted octanol–water partition coefficient (Wildman–Crippen LogP) is 0.884. The van der Waals surface area contributed by atoms with Crippen LogP contribution in [0.25, 0.3) is 0 Å². The Morgan fingerprint density at radius 3 is 1.70 bits per heavy atom. The molecule has 0 radical (unpaired) electrons. The highest BCUT2D eigenvalue weighted by Gasteiger charge is 2.09. The Hall–Kier alpha value is -2.40. The van der Waals surface area contributed by atoms with Crippen molar-refractivity contribution in [1.82, 2.24) is 0 Å². The van der Waals surface area contributed by atoms with Crippen LogP contribution in [-0.2, 0) is 9.59 Å². The van der Waals surface area contributed by atoms with Gasteiger partial charge < -0.3 is 14.8 Å². The number of hydrogen-bond donors (Lipinski definition) is 2. The number of ether oxygens (including phenoxy) is 1.